The minimum absolute atomic E-state index is 0.120. The summed E-state index contributed by atoms with van der Waals surface area (Å²) < 4.78 is 54.3. The number of halogens is 4. The third-order valence-corrected chi connectivity index (χ3v) is 1.86. The molecule has 0 spiro atoms. The molecule has 17 heavy (non-hydrogen) atoms. The minimum Gasteiger partial charge on any atom is -0.466 e. The Balaban J connectivity index is 2.87. The molecule has 0 aliphatic rings. The standard InChI is InChI=1S/C10H9F4NO2/c1-2-17-9(16)3-6-5-15-8(4-7(6)11)10(12,13)14/h4-5H,2-3H2,1H3. The lowest BCUT2D eigenvalue weighted by atomic mass is 10.2. The number of pyridine rings is 1. The zero-order valence-corrected chi connectivity index (χ0v) is 8.84. The van der Waals surface area contributed by atoms with Gasteiger partial charge >= 0.3 is 12.1 Å². The van der Waals surface area contributed by atoms with E-state index in [9.17, 15) is 22.4 Å². The number of esters is 1. The Bertz CT molecular complexity index is 417. The van der Waals surface area contributed by atoms with Gasteiger partial charge in [0.25, 0.3) is 0 Å². The van der Waals surface area contributed by atoms with Crippen molar-refractivity contribution in [2.45, 2.75) is 19.5 Å². The van der Waals surface area contributed by atoms with Crippen molar-refractivity contribution in [1.29, 1.82) is 0 Å². The molecule has 3 nitrogen and oxygen atoms in total. The lowest BCUT2D eigenvalue weighted by molar-refractivity contribution is -0.142. The Labute approximate surface area is 94.4 Å². The SMILES string of the molecule is CCOC(=O)Cc1cnc(C(F)(F)F)cc1F. The van der Waals surface area contributed by atoms with Crippen molar-refractivity contribution in [2.75, 3.05) is 6.61 Å². The van der Waals surface area contributed by atoms with Crippen LogP contribution in [0.3, 0.4) is 0 Å². The van der Waals surface area contributed by atoms with E-state index in [0.717, 1.165) is 0 Å². The molecule has 0 bridgehead atoms. The third-order valence-electron chi connectivity index (χ3n) is 1.86. The summed E-state index contributed by atoms with van der Waals surface area (Å²) in [5.41, 5.74) is -1.56. The molecule has 1 aromatic rings. The summed E-state index contributed by atoms with van der Waals surface area (Å²) >= 11 is 0. The summed E-state index contributed by atoms with van der Waals surface area (Å²) in [6.07, 6.45) is -4.46. The van der Waals surface area contributed by atoms with Gasteiger partial charge < -0.3 is 4.74 Å². The maximum Gasteiger partial charge on any atom is 0.433 e. The average molecular weight is 251 g/mol. The smallest absolute Gasteiger partial charge is 0.433 e. The normalized spacial score (nSPS) is 11.4. The fraction of sp³-hybridized carbons (Fsp3) is 0.400. The van der Waals surface area contributed by atoms with E-state index < -0.39 is 30.1 Å². The maximum atomic E-state index is 13.2. The number of hydrogen-bond acceptors (Lipinski definition) is 3. The Morgan fingerprint density at radius 1 is 1.47 bits per heavy atom. The predicted molar refractivity (Wildman–Crippen MR) is 49.5 cm³/mol. The van der Waals surface area contributed by atoms with Crippen LogP contribution in [0.15, 0.2) is 12.3 Å². The van der Waals surface area contributed by atoms with E-state index in [2.05, 4.69) is 9.72 Å². The highest BCUT2D eigenvalue weighted by Crippen LogP contribution is 2.28. The number of nitrogens with zero attached hydrogens (tertiary/aromatic N) is 1. The lowest BCUT2D eigenvalue weighted by Gasteiger charge is -2.07. The zero-order chi connectivity index (χ0) is 13.1. The molecule has 0 radical (unpaired) electrons. The number of carbonyl (C=O) groups excluding carboxylic acids is 1. The van der Waals surface area contributed by atoms with Crippen molar-refractivity contribution in [2.24, 2.45) is 0 Å². The Hall–Kier alpha value is -1.66. The lowest BCUT2D eigenvalue weighted by Crippen LogP contribution is -2.12. The highest BCUT2D eigenvalue weighted by atomic mass is 19.4. The topological polar surface area (TPSA) is 39.2 Å². The largest absolute Gasteiger partial charge is 0.466 e. The van der Waals surface area contributed by atoms with Gasteiger partial charge in [-0.15, -0.1) is 0 Å². The average Bonchev–Trinajstić information content (AvgIpc) is 2.20. The molecule has 7 heteroatoms. The first-order valence-electron chi connectivity index (χ1n) is 4.71. The second-order valence-corrected chi connectivity index (χ2v) is 3.14. The number of ether oxygens (including phenoxy) is 1. The molecule has 0 aliphatic carbocycles. The van der Waals surface area contributed by atoms with Crippen LogP contribution in [-0.4, -0.2) is 17.6 Å². The molecular formula is C10H9F4NO2. The van der Waals surface area contributed by atoms with Crippen molar-refractivity contribution in [3.63, 3.8) is 0 Å². The van der Waals surface area contributed by atoms with Crippen LogP contribution in [0.2, 0.25) is 0 Å². The monoisotopic (exact) mass is 251 g/mol. The number of hydrogen-bond donors (Lipinski definition) is 0. The van der Waals surface area contributed by atoms with Gasteiger partial charge in [0.15, 0.2) is 0 Å². The molecule has 1 rings (SSSR count). The van der Waals surface area contributed by atoms with Crippen LogP contribution in [-0.2, 0) is 22.1 Å². The van der Waals surface area contributed by atoms with Crippen molar-refractivity contribution in [1.82, 2.24) is 4.98 Å². The van der Waals surface area contributed by atoms with Gasteiger partial charge in [0, 0.05) is 17.8 Å². The van der Waals surface area contributed by atoms with Gasteiger partial charge in [-0.25, -0.2) is 4.39 Å². The van der Waals surface area contributed by atoms with E-state index in [4.69, 9.17) is 0 Å². The molecule has 1 aromatic heterocycles. The number of carbonyl (C=O) groups is 1. The summed E-state index contributed by atoms with van der Waals surface area (Å²) in [5, 5.41) is 0. The van der Waals surface area contributed by atoms with Crippen LogP contribution in [0.25, 0.3) is 0 Å². The second kappa shape index (κ2) is 5.11. The van der Waals surface area contributed by atoms with E-state index in [1.807, 2.05) is 0 Å². The van der Waals surface area contributed by atoms with E-state index in [-0.39, 0.29) is 18.2 Å². The third kappa shape index (κ3) is 3.69. The van der Waals surface area contributed by atoms with E-state index in [1.165, 1.54) is 0 Å². The van der Waals surface area contributed by atoms with Crippen LogP contribution in [0.5, 0.6) is 0 Å². The molecule has 0 fully saturated rings. The molecule has 0 amide bonds. The molecule has 1 heterocycles. The van der Waals surface area contributed by atoms with Gasteiger partial charge in [-0.05, 0) is 6.92 Å². The van der Waals surface area contributed by atoms with Gasteiger partial charge in [0.2, 0.25) is 0 Å². The molecule has 0 saturated heterocycles. The quantitative estimate of drug-likeness (QED) is 0.611. The molecule has 0 aliphatic heterocycles. The number of alkyl halides is 3. The van der Waals surface area contributed by atoms with Crippen molar-refractivity contribution < 1.29 is 27.1 Å². The van der Waals surface area contributed by atoms with Gasteiger partial charge in [0.05, 0.1) is 13.0 Å². The van der Waals surface area contributed by atoms with Gasteiger partial charge in [-0.2, -0.15) is 13.2 Å². The van der Waals surface area contributed by atoms with Crippen molar-refractivity contribution in [3.8, 4) is 0 Å². The highest BCUT2D eigenvalue weighted by molar-refractivity contribution is 5.72. The van der Waals surface area contributed by atoms with Crippen LogP contribution in [0.1, 0.15) is 18.2 Å². The maximum absolute atomic E-state index is 13.2. The highest BCUT2D eigenvalue weighted by Gasteiger charge is 2.33. The molecule has 94 valence electrons. The first kappa shape index (κ1) is 13.4. The Morgan fingerprint density at radius 2 is 2.12 bits per heavy atom. The van der Waals surface area contributed by atoms with Crippen LogP contribution >= 0.6 is 0 Å². The zero-order valence-electron chi connectivity index (χ0n) is 8.84. The Morgan fingerprint density at radius 3 is 2.59 bits per heavy atom. The van der Waals surface area contributed by atoms with Crippen LogP contribution < -0.4 is 0 Å². The van der Waals surface area contributed by atoms with E-state index in [0.29, 0.717) is 6.20 Å². The first-order valence-corrected chi connectivity index (χ1v) is 4.71. The van der Waals surface area contributed by atoms with Crippen molar-refractivity contribution >= 4 is 5.97 Å². The molecule has 0 atom stereocenters. The molecule has 0 aromatic carbocycles. The summed E-state index contributed by atoms with van der Waals surface area (Å²) in [4.78, 5) is 14.1. The summed E-state index contributed by atoms with van der Waals surface area (Å²) in [6.45, 7) is 1.69. The molecule has 0 unspecified atom stereocenters. The van der Waals surface area contributed by atoms with Crippen LogP contribution in [0.4, 0.5) is 17.6 Å². The second-order valence-electron chi connectivity index (χ2n) is 3.14. The first-order chi connectivity index (χ1) is 7.84. The van der Waals surface area contributed by atoms with Gasteiger partial charge in [-0.3, -0.25) is 9.78 Å². The van der Waals surface area contributed by atoms with Crippen molar-refractivity contribution in [3.05, 3.63) is 29.3 Å². The van der Waals surface area contributed by atoms with Gasteiger partial charge in [0.1, 0.15) is 11.5 Å². The molecular weight excluding hydrogens is 242 g/mol. The predicted octanol–water partition coefficient (Wildman–Crippen LogP) is 2.35. The summed E-state index contributed by atoms with van der Waals surface area (Å²) in [7, 11) is 0. The number of aromatic nitrogens is 1. The summed E-state index contributed by atoms with van der Waals surface area (Å²) in [5.74, 6) is -1.84. The Kier molecular flexibility index (Phi) is 4.03. The number of rotatable bonds is 3. The fourth-order valence-corrected chi connectivity index (χ4v) is 1.11. The van der Waals surface area contributed by atoms with Gasteiger partial charge in [-0.1, -0.05) is 0 Å². The fourth-order valence-electron chi connectivity index (χ4n) is 1.11. The molecule has 0 saturated carbocycles. The summed E-state index contributed by atoms with van der Waals surface area (Å²) in [6, 6.07) is 0.258. The molecule has 0 N–H and O–H groups in total. The van der Waals surface area contributed by atoms with E-state index in [1.54, 1.807) is 6.92 Å². The van der Waals surface area contributed by atoms with Crippen LogP contribution in [0, 0.1) is 5.82 Å². The minimum atomic E-state index is -4.71. The van der Waals surface area contributed by atoms with E-state index >= 15 is 0 Å².